The highest BCUT2D eigenvalue weighted by Gasteiger charge is 2.63. The lowest BCUT2D eigenvalue weighted by molar-refractivity contribution is 0.0518. The zero-order chi connectivity index (χ0) is 54.3. The van der Waals surface area contributed by atoms with Gasteiger partial charge in [0.15, 0.2) is 20.4 Å². The van der Waals surface area contributed by atoms with Gasteiger partial charge in [-0.1, -0.05) is 0 Å². The van der Waals surface area contributed by atoms with Gasteiger partial charge in [0.1, 0.15) is 0 Å². The van der Waals surface area contributed by atoms with Gasteiger partial charge < -0.3 is 0 Å². The first-order valence-corrected chi connectivity index (χ1v) is 34.5. The summed E-state index contributed by atoms with van der Waals surface area (Å²) in [7, 11) is -50.6. The van der Waals surface area contributed by atoms with E-state index in [1.165, 1.54) is 0 Å². The molecule has 414 valence electrons. The summed E-state index contributed by atoms with van der Waals surface area (Å²) in [5.74, 6) is 0. The van der Waals surface area contributed by atoms with E-state index in [4.69, 9.17) is 0 Å². The van der Waals surface area contributed by atoms with Crippen LogP contribution in [0.5, 0.6) is 0 Å². The molecule has 6 aliphatic heterocycles. The highest BCUT2D eigenvalue weighted by atomic mass is 32.3. The number of hydrogen-bond acceptors (Lipinski definition) is 36. The van der Waals surface area contributed by atoms with Crippen molar-refractivity contribution in [3.63, 3.8) is 0 Å². The van der Waals surface area contributed by atoms with Gasteiger partial charge in [0, 0.05) is 0 Å². The van der Waals surface area contributed by atoms with Crippen molar-refractivity contribution in [2.24, 2.45) is 0 Å². The third-order valence-electron chi connectivity index (χ3n) is 6.74. The van der Waals surface area contributed by atoms with Crippen molar-refractivity contribution in [3.05, 3.63) is 0 Å². The molecule has 0 aromatic rings. The van der Waals surface area contributed by atoms with Gasteiger partial charge in [-0.15, -0.1) is 0 Å². The first kappa shape index (κ1) is 65.8. The summed E-state index contributed by atoms with van der Waals surface area (Å²) in [5, 5.41) is -3.29. The van der Waals surface area contributed by atoms with Crippen LogP contribution >= 0.6 is 0 Å². The number of halogens is 2. The second-order valence-electron chi connectivity index (χ2n) is 12.3. The predicted octanol–water partition coefficient (Wildman–Crippen LogP) is -6.08. The Labute approximate surface area is 394 Å². The van der Waals surface area contributed by atoms with Crippen LogP contribution in [0.3, 0.4) is 0 Å². The van der Waals surface area contributed by atoms with Gasteiger partial charge >= 0.3 is 24.8 Å². The molecule has 6 saturated heterocycles. The van der Waals surface area contributed by atoms with Gasteiger partial charge in [-0.3, -0.25) is 25.1 Å². The summed E-state index contributed by atoms with van der Waals surface area (Å²) < 4.78 is 321. The Kier molecular flexibility index (Phi) is 22.5. The van der Waals surface area contributed by atoms with Crippen molar-refractivity contribution in [2.75, 3.05) is 75.3 Å². The Balaban J connectivity index is 0.000000414. The first-order chi connectivity index (χ1) is 30.5. The maximum Gasteiger partial charge on any atom is 0.496 e. The van der Waals surface area contributed by atoms with Crippen molar-refractivity contribution >= 4 is 121 Å². The molecule has 0 N–H and O–H groups in total. The minimum atomic E-state index is -5.41. The normalized spacial score (nSPS) is 29.9. The summed E-state index contributed by atoms with van der Waals surface area (Å²) in [4.78, 5) is 0. The molecule has 0 saturated carbocycles. The van der Waals surface area contributed by atoms with Gasteiger partial charge in [-0.05, 0) is 27.2 Å². The maximum atomic E-state index is 12.3. The summed E-state index contributed by atoms with van der Waals surface area (Å²) >= 11 is 0. The molecule has 0 atom stereocenters. The van der Waals surface area contributed by atoms with Crippen LogP contribution in [0.15, 0.2) is 0 Å². The van der Waals surface area contributed by atoms with Crippen molar-refractivity contribution in [2.45, 2.75) is 40.4 Å². The van der Waals surface area contributed by atoms with Crippen LogP contribution in [0.25, 0.3) is 0 Å². The van der Waals surface area contributed by atoms with Crippen molar-refractivity contribution in [1.29, 1.82) is 0 Å². The third kappa shape index (κ3) is 20.5. The van der Waals surface area contributed by atoms with E-state index in [0.717, 1.165) is 20.8 Å². The maximum absolute atomic E-state index is 12.3. The largest absolute Gasteiger partial charge is 0.496 e. The Morgan fingerprint density at radius 2 is 0.565 bits per heavy atom. The zero-order valence-electron chi connectivity index (χ0n) is 34.1. The molecule has 50 heteroatoms. The first-order valence-electron chi connectivity index (χ1n) is 16.4. The Hall–Kier alpha value is -1.22. The fourth-order valence-electron chi connectivity index (χ4n) is 3.25. The Morgan fingerprint density at radius 3 is 0.826 bits per heavy atom. The van der Waals surface area contributed by atoms with E-state index < -0.39 is 170 Å². The molecule has 0 aromatic carbocycles. The standard InChI is InChI=1S/3C4H8O6S2.C3H6O6S2.C2H2F2O6S2.C2H4O6S2/c1-4(2)11(5,6)9-3-10-12(4,7)8;1-4-11(5,6)9-2-3-10-12(4,7)8;5-11(6)4-12(7,8)10-3-1-2-9-11;4-10(5)3-11(6,7)9-2-1-8-10;3-2(4)11(5,6)9-1-10-12(2,7)8;3-9(4)2-10(5,6)8-1-7-9/h3H2,1-2H3;4H,2-3H2,1H3;1-4H2;1-3H2;1H2;1-2H2. The minimum absolute atomic E-state index is 0.0299. The van der Waals surface area contributed by atoms with E-state index in [0.29, 0.717) is 0 Å². The molecule has 0 radical (unpaired) electrons. The SMILES string of the molecule is CC1(C)S(=O)(=O)OCOS1(=O)=O.CC1S(=O)(=O)OCCOS1(=O)=O.O=S1(=O)CS(=O)(=O)OCCCO1.O=S1(=O)CS(=O)(=O)OCCO1.O=S1(=O)CS(=O)(=O)OCO1.O=S1(=O)OCOS(=O)(=O)C1(F)F. The quantitative estimate of drug-likeness (QED) is 0.204. The molecule has 6 heterocycles. The van der Waals surface area contributed by atoms with E-state index in [1.807, 2.05) is 0 Å². The fraction of sp³-hybridized carbons (Fsp3) is 1.00. The van der Waals surface area contributed by atoms with Crippen LogP contribution in [0, 0.1) is 0 Å². The van der Waals surface area contributed by atoms with Crippen LogP contribution in [-0.4, -0.2) is 190 Å². The highest BCUT2D eigenvalue weighted by molar-refractivity contribution is 8.07. The summed E-state index contributed by atoms with van der Waals surface area (Å²) in [6.07, 6.45) is 0.248. The fourth-order valence-corrected chi connectivity index (χ4v) is 17.7. The molecule has 6 aliphatic rings. The van der Waals surface area contributed by atoms with Crippen LogP contribution < -0.4 is 0 Å². The molecule has 0 amide bonds. The molecule has 0 unspecified atom stereocenters. The highest BCUT2D eigenvalue weighted by Crippen LogP contribution is 2.34. The zero-order valence-corrected chi connectivity index (χ0v) is 43.9. The van der Waals surface area contributed by atoms with Crippen molar-refractivity contribution in [3.8, 4) is 0 Å². The minimum Gasteiger partial charge on any atom is -0.269 e. The third-order valence-corrected chi connectivity index (χ3v) is 28.4. The average Bonchev–Trinajstić information content (AvgIpc) is 3.31. The molecule has 6 fully saturated rings. The van der Waals surface area contributed by atoms with Gasteiger partial charge in [0.05, 0.1) is 39.6 Å². The van der Waals surface area contributed by atoms with Crippen LogP contribution in [0.2, 0.25) is 0 Å². The summed E-state index contributed by atoms with van der Waals surface area (Å²) in [6.45, 7) is -0.806. The van der Waals surface area contributed by atoms with E-state index in [2.05, 4.69) is 50.2 Å². The molecule has 0 spiro atoms. The number of alkyl halides is 2. The summed E-state index contributed by atoms with van der Waals surface area (Å²) in [5.41, 5.74) is 0. The van der Waals surface area contributed by atoms with E-state index in [-0.39, 0.29) is 46.1 Å². The van der Waals surface area contributed by atoms with Crippen LogP contribution in [-0.2, 0) is 172 Å². The molecule has 0 aliphatic carbocycles. The number of rotatable bonds is 0. The second kappa shape index (κ2) is 23.5. The molecule has 0 bridgehead atoms. The lowest BCUT2D eigenvalue weighted by Gasteiger charge is -2.27. The molecule has 6 rings (SSSR count). The summed E-state index contributed by atoms with van der Waals surface area (Å²) in [6, 6.07) is 0. The van der Waals surface area contributed by atoms with E-state index in [1.54, 1.807) is 0 Å². The Bertz CT molecular complexity index is 2930. The van der Waals surface area contributed by atoms with Crippen LogP contribution in [0.4, 0.5) is 8.78 Å². The van der Waals surface area contributed by atoms with Crippen molar-refractivity contribution < 1.29 is 160 Å². The van der Waals surface area contributed by atoms with Crippen molar-refractivity contribution in [1.82, 2.24) is 0 Å². The van der Waals surface area contributed by atoms with Gasteiger partial charge in [-0.25, -0.2) is 25.1 Å². The topological polar surface area (TPSA) is 520 Å². The molecular weight excluding hydrogens is 1230 g/mol. The number of hydrogen-bond donors (Lipinski definition) is 0. The predicted molar refractivity (Wildman–Crippen MR) is 212 cm³/mol. The second-order valence-corrected chi connectivity index (χ2v) is 35.5. The lowest BCUT2D eigenvalue weighted by Crippen LogP contribution is -2.47. The monoisotopic (exact) mass is 1260 g/mol. The lowest BCUT2D eigenvalue weighted by atomic mass is 10.5. The Morgan fingerprint density at radius 1 is 0.333 bits per heavy atom. The smallest absolute Gasteiger partial charge is 0.269 e. The van der Waals surface area contributed by atoms with Gasteiger partial charge in [0.2, 0.25) is 23.9 Å². The molecular formula is C19H36F2O36S12. The average molecular weight is 1260 g/mol. The van der Waals surface area contributed by atoms with Gasteiger partial charge in [-0.2, -0.15) is 110 Å². The van der Waals surface area contributed by atoms with E-state index >= 15 is 0 Å². The molecule has 69 heavy (non-hydrogen) atoms. The molecule has 0 aromatic heterocycles. The van der Waals surface area contributed by atoms with E-state index in [9.17, 15) is 110 Å². The van der Waals surface area contributed by atoms with Gasteiger partial charge in [0.25, 0.3) is 101 Å². The van der Waals surface area contributed by atoms with Crippen LogP contribution in [0.1, 0.15) is 27.2 Å². The molecule has 36 nitrogen and oxygen atoms in total.